The first-order valence-electron chi connectivity index (χ1n) is 8.92. The van der Waals surface area contributed by atoms with E-state index in [-0.39, 0.29) is 11.9 Å². The van der Waals surface area contributed by atoms with E-state index in [1.54, 1.807) is 22.7 Å². The van der Waals surface area contributed by atoms with Gasteiger partial charge in [0.1, 0.15) is 6.04 Å². The van der Waals surface area contributed by atoms with Gasteiger partial charge in [-0.1, -0.05) is 19.9 Å². The summed E-state index contributed by atoms with van der Waals surface area (Å²) in [5, 5.41) is 7.09. The van der Waals surface area contributed by atoms with Crippen molar-refractivity contribution in [1.82, 2.24) is 19.6 Å². The van der Waals surface area contributed by atoms with E-state index < -0.39 is 6.04 Å². The molecule has 2 heterocycles. The molecule has 0 spiro atoms. The van der Waals surface area contributed by atoms with Crippen LogP contribution in [0.4, 0.5) is 10.5 Å². The number of nitrogens with zero attached hydrogens (tertiary/aromatic N) is 4. The Hall–Kier alpha value is -2.83. The maximum atomic E-state index is 12.7. The summed E-state index contributed by atoms with van der Waals surface area (Å²) in [5.41, 5.74) is 1.53. The van der Waals surface area contributed by atoms with E-state index in [0.29, 0.717) is 24.7 Å². The molecule has 0 saturated carbocycles. The Kier molecular flexibility index (Phi) is 5.25. The van der Waals surface area contributed by atoms with E-state index in [0.717, 1.165) is 12.2 Å². The van der Waals surface area contributed by atoms with Crippen molar-refractivity contribution in [2.75, 3.05) is 25.0 Å². The van der Waals surface area contributed by atoms with Gasteiger partial charge in [-0.2, -0.15) is 5.10 Å². The minimum Gasteiger partial charge on any atom is -0.339 e. The minimum absolute atomic E-state index is 0.00499. The van der Waals surface area contributed by atoms with Crippen LogP contribution in [0.5, 0.6) is 0 Å². The van der Waals surface area contributed by atoms with E-state index in [9.17, 15) is 9.59 Å². The summed E-state index contributed by atoms with van der Waals surface area (Å²) in [4.78, 5) is 28.6. The number of hydrogen-bond acceptors (Lipinski definition) is 3. The number of urea groups is 1. The molecule has 0 aliphatic carbocycles. The van der Waals surface area contributed by atoms with Crippen LogP contribution in [0.15, 0.2) is 42.7 Å². The zero-order valence-electron chi connectivity index (χ0n) is 15.4. The molecule has 0 radical (unpaired) electrons. The van der Waals surface area contributed by atoms with Gasteiger partial charge >= 0.3 is 6.03 Å². The topological polar surface area (TPSA) is 70.5 Å². The Bertz CT molecular complexity index is 772. The Morgan fingerprint density at radius 2 is 2.12 bits per heavy atom. The molecule has 3 rings (SSSR count). The molecule has 0 bridgehead atoms. The van der Waals surface area contributed by atoms with Gasteiger partial charge in [0, 0.05) is 37.7 Å². The largest absolute Gasteiger partial charge is 0.339 e. The first-order valence-corrected chi connectivity index (χ1v) is 8.92. The van der Waals surface area contributed by atoms with Crippen molar-refractivity contribution in [3.8, 4) is 5.69 Å². The van der Waals surface area contributed by atoms with Gasteiger partial charge in [0.25, 0.3) is 0 Å². The van der Waals surface area contributed by atoms with Crippen molar-refractivity contribution in [2.45, 2.75) is 26.8 Å². The predicted molar refractivity (Wildman–Crippen MR) is 100 cm³/mol. The predicted octanol–water partition coefficient (Wildman–Crippen LogP) is 2.59. The fraction of sp³-hybridized carbons (Fsp3) is 0.421. The molecule has 0 unspecified atom stereocenters. The van der Waals surface area contributed by atoms with E-state index in [4.69, 9.17) is 0 Å². The quantitative estimate of drug-likeness (QED) is 0.916. The highest BCUT2D eigenvalue weighted by molar-refractivity contribution is 5.94. The molecule has 1 aromatic carbocycles. The van der Waals surface area contributed by atoms with Gasteiger partial charge in [-0.15, -0.1) is 0 Å². The second-order valence-electron chi connectivity index (χ2n) is 6.98. The number of piperazine rings is 1. The number of rotatable bonds is 4. The zero-order valence-corrected chi connectivity index (χ0v) is 15.4. The van der Waals surface area contributed by atoms with E-state index in [1.165, 1.54) is 0 Å². The summed E-state index contributed by atoms with van der Waals surface area (Å²) in [6.45, 7) is 7.79. The second-order valence-corrected chi connectivity index (χ2v) is 6.98. The Labute approximate surface area is 153 Å². The van der Waals surface area contributed by atoms with Gasteiger partial charge in [0.2, 0.25) is 5.91 Å². The van der Waals surface area contributed by atoms with Crippen LogP contribution >= 0.6 is 0 Å². The van der Waals surface area contributed by atoms with Gasteiger partial charge in [-0.05, 0) is 37.1 Å². The number of hydrogen-bond donors (Lipinski definition) is 1. The third-order valence-corrected chi connectivity index (χ3v) is 4.46. The summed E-state index contributed by atoms with van der Waals surface area (Å²) in [6, 6.07) is 8.58. The average molecular weight is 355 g/mol. The number of aromatic nitrogens is 2. The van der Waals surface area contributed by atoms with Crippen LogP contribution in [0.1, 0.15) is 20.8 Å². The van der Waals surface area contributed by atoms with Crippen LogP contribution in [0, 0.1) is 5.92 Å². The summed E-state index contributed by atoms with van der Waals surface area (Å²) in [6.07, 6.45) is 3.55. The Morgan fingerprint density at radius 1 is 1.31 bits per heavy atom. The zero-order chi connectivity index (χ0) is 18.7. The Balaban J connectivity index is 1.67. The monoisotopic (exact) mass is 355 g/mol. The van der Waals surface area contributed by atoms with Crippen LogP contribution in [0.2, 0.25) is 0 Å². The highest BCUT2D eigenvalue weighted by Crippen LogP contribution is 2.17. The third kappa shape index (κ3) is 3.87. The molecule has 2 aromatic rings. The van der Waals surface area contributed by atoms with Crippen molar-refractivity contribution in [2.24, 2.45) is 5.92 Å². The van der Waals surface area contributed by atoms with Crippen LogP contribution in [0.25, 0.3) is 5.69 Å². The van der Waals surface area contributed by atoms with Crippen molar-refractivity contribution >= 4 is 17.6 Å². The van der Waals surface area contributed by atoms with Crippen molar-refractivity contribution in [3.05, 3.63) is 42.7 Å². The van der Waals surface area contributed by atoms with Crippen LogP contribution in [0.3, 0.4) is 0 Å². The lowest BCUT2D eigenvalue weighted by Crippen LogP contribution is -2.58. The SMILES string of the molecule is CC(C)CN1CCN(C(=O)Nc2cccc(-n3cccn3)c2)[C@H](C)C1=O. The highest BCUT2D eigenvalue weighted by Gasteiger charge is 2.34. The number of amides is 3. The first kappa shape index (κ1) is 18.0. The van der Waals surface area contributed by atoms with Gasteiger partial charge in [0.05, 0.1) is 5.69 Å². The maximum absolute atomic E-state index is 12.7. The Morgan fingerprint density at radius 3 is 2.81 bits per heavy atom. The molecular formula is C19H25N5O2. The standard InChI is InChI=1S/C19H25N5O2/c1-14(2)13-22-10-11-23(15(3)18(22)25)19(26)21-16-6-4-7-17(12-16)24-9-5-8-20-24/h4-9,12,14-15H,10-11,13H2,1-3H3,(H,21,26)/t15-/m1/s1. The smallest absolute Gasteiger partial charge is 0.322 e. The number of nitrogens with one attached hydrogen (secondary N) is 1. The van der Waals surface area contributed by atoms with Gasteiger partial charge in [-0.3, -0.25) is 4.79 Å². The molecule has 26 heavy (non-hydrogen) atoms. The molecule has 7 nitrogen and oxygen atoms in total. The first-order chi connectivity index (χ1) is 12.5. The van der Waals surface area contributed by atoms with Crippen LogP contribution < -0.4 is 5.32 Å². The summed E-state index contributed by atoms with van der Waals surface area (Å²) in [5.74, 6) is 0.418. The van der Waals surface area contributed by atoms with Crippen molar-refractivity contribution in [3.63, 3.8) is 0 Å². The molecule has 1 aromatic heterocycles. The normalized spacial score (nSPS) is 17.7. The van der Waals surface area contributed by atoms with Crippen LogP contribution in [-0.2, 0) is 4.79 Å². The molecule has 7 heteroatoms. The number of anilines is 1. The maximum Gasteiger partial charge on any atom is 0.322 e. The van der Waals surface area contributed by atoms with Gasteiger partial charge in [-0.25, -0.2) is 9.48 Å². The van der Waals surface area contributed by atoms with E-state index in [2.05, 4.69) is 24.3 Å². The summed E-state index contributed by atoms with van der Waals surface area (Å²) in [7, 11) is 0. The second kappa shape index (κ2) is 7.59. The molecule has 1 fully saturated rings. The minimum atomic E-state index is -0.461. The molecule has 1 aliphatic rings. The third-order valence-electron chi connectivity index (χ3n) is 4.46. The van der Waals surface area contributed by atoms with Crippen molar-refractivity contribution in [1.29, 1.82) is 0 Å². The molecule has 1 N–H and O–H groups in total. The summed E-state index contributed by atoms with van der Waals surface area (Å²) < 4.78 is 1.73. The molecule has 3 amide bonds. The molecular weight excluding hydrogens is 330 g/mol. The number of carbonyl (C=O) groups is 2. The fourth-order valence-electron chi connectivity index (χ4n) is 3.17. The van der Waals surface area contributed by atoms with E-state index >= 15 is 0 Å². The molecule has 1 atom stereocenters. The lowest BCUT2D eigenvalue weighted by Gasteiger charge is -2.39. The molecule has 138 valence electrons. The highest BCUT2D eigenvalue weighted by atomic mass is 16.2. The van der Waals surface area contributed by atoms with Gasteiger partial charge in [0.15, 0.2) is 0 Å². The molecule has 1 saturated heterocycles. The number of benzene rings is 1. The average Bonchev–Trinajstić information content (AvgIpc) is 3.13. The number of carbonyl (C=O) groups excluding carboxylic acids is 2. The van der Waals surface area contributed by atoms with Crippen LogP contribution in [-0.4, -0.2) is 57.2 Å². The fourth-order valence-corrected chi connectivity index (χ4v) is 3.17. The lowest BCUT2D eigenvalue weighted by atomic mass is 10.1. The van der Waals surface area contributed by atoms with Gasteiger partial charge < -0.3 is 15.1 Å². The van der Waals surface area contributed by atoms with E-state index in [1.807, 2.05) is 41.4 Å². The molecule has 1 aliphatic heterocycles. The summed E-state index contributed by atoms with van der Waals surface area (Å²) >= 11 is 0. The lowest BCUT2D eigenvalue weighted by molar-refractivity contribution is -0.139. The van der Waals surface area contributed by atoms with Crippen molar-refractivity contribution < 1.29 is 9.59 Å².